The molecule has 2 heterocycles. The second-order valence-electron chi connectivity index (χ2n) is 7.24. The molecule has 32 heavy (non-hydrogen) atoms. The van der Waals surface area contributed by atoms with Gasteiger partial charge >= 0.3 is 6.18 Å². The van der Waals surface area contributed by atoms with Crippen LogP contribution in [-0.4, -0.2) is 20.6 Å². The molecule has 0 fully saturated rings. The number of aliphatic hydroxyl groups is 1. The van der Waals surface area contributed by atoms with Crippen molar-refractivity contribution in [2.45, 2.75) is 12.8 Å². The lowest BCUT2D eigenvalue weighted by Gasteiger charge is -2.16. The Morgan fingerprint density at radius 2 is 1.81 bits per heavy atom. The van der Waals surface area contributed by atoms with E-state index < -0.39 is 24.3 Å². The molecule has 0 bridgehead atoms. The van der Waals surface area contributed by atoms with E-state index in [9.17, 15) is 27.9 Å². The first-order chi connectivity index (χ1) is 15.2. The predicted molar refractivity (Wildman–Crippen MR) is 114 cm³/mol. The maximum Gasteiger partial charge on any atom is 0.416 e. The summed E-state index contributed by atoms with van der Waals surface area (Å²) in [7, 11) is 1.61. The van der Waals surface area contributed by atoms with E-state index in [-0.39, 0.29) is 11.1 Å². The van der Waals surface area contributed by atoms with E-state index >= 15 is 0 Å². The Morgan fingerprint density at radius 1 is 1.09 bits per heavy atom. The van der Waals surface area contributed by atoms with Crippen LogP contribution in [0.15, 0.2) is 65.7 Å². The molecule has 0 saturated carbocycles. The number of aromatic nitrogens is 2. The van der Waals surface area contributed by atoms with Gasteiger partial charge in [0, 0.05) is 47.2 Å². The molecule has 4 rings (SSSR count). The highest BCUT2D eigenvalue weighted by Crippen LogP contribution is 2.34. The standard InChI is InChI=1S/C23H18F3N3O3/c1-29-11-17(16-9-10-27-20(16)22(29)32)15-3-2-4-19(18(15)12-30)28-21(31)13-5-7-14(8-6-13)23(24,25)26/h2-11,27,30H,12H2,1H3,(H,28,31). The third kappa shape index (κ3) is 3.78. The maximum atomic E-state index is 12.8. The first-order valence-electron chi connectivity index (χ1n) is 9.59. The van der Waals surface area contributed by atoms with Gasteiger partial charge in [-0.15, -0.1) is 0 Å². The number of fused-ring (bicyclic) bond motifs is 1. The highest BCUT2D eigenvalue weighted by Gasteiger charge is 2.30. The van der Waals surface area contributed by atoms with Crippen molar-refractivity contribution in [3.8, 4) is 11.1 Å². The summed E-state index contributed by atoms with van der Waals surface area (Å²) in [6.45, 7) is -0.409. The summed E-state index contributed by atoms with van der Waals surface area (Å²) < 4.78 is 39.7. The number of aryl methyl sites for hydroxylation is 1. The summed E-state index contributed by atoms with van der Waals surface area (Å²) >= 11 is 0. The minimum absolute atomic E-state index is 0.0439. The van der Waals surface area contributed by atoms with Gasteiger partial charge in [0.15, 0.2) is 0 Å². The van der Waals surface area contributed by atoms with Gasteiger partial charge in [-0.25, -0.2) is 0 Å². The number of carbonyl (C=O) groups excluding carboxylic acids is 1. The van der Waals surface area contributed by atoms with E-state index in [1.807, 2.05) is 0 Å². The molecule has 9 heteroatoms. The molecule has 6 nitrogen and oxygen atoms in total. The average molecular weight is 441 g/mol. The Kier molecular flexibility index (Phi) is 5.35. The van der Waals surface area contributed by atoms with Crippen molar-refractivity contribution >= 4 is 22.5 Å². The summed E-state index contributed by atoms with van der Waals surface area (Å²) in [6, 6.07) is 10.6. The van der Waals surface area contributed by atoms with Crippen LogP contribution in [0.4, 0.5) is 18.9 Å². The van der Waals surface area contributed by atoms with E-state index in [4.69, 9.17) is 0 Å². The summed E-state index contributed by atoms with van der Waals surface area (Å²) in [4.78, 5) is 27.9. The van der Waals surface area contributed by atoms with Crippen LogP contribution in [-0.2, 0) is 19.8 Å². The van der Waals surface area contributed by atoms with Crippen molar-refractivity contribution in [1.82, 2.24) is 9.55 Å². The zero-order valence-corrected chi connectivity index (χ0v) is 16.8. The Labute approximate surface area is 179 Å². The molecular weight excluding hydrogens is 423 g/mol. The minimum atomic E-state index is -4.49. The van der Waals surface area contributed by atoms with E-state index in [0.29, 0.717) is 33.3 Å². The molecule has 2 aromatic carbocycles. The number of hydrogen-bond donors (Lipinski definition) is 3. The molecule has 2 aromatic heterocycles. The van der Waals surface area contributed by atoms with Gasteiger partial charge in [-0.3, -0.25) is 9.59 Å². The van der Waals surface area contributed by atoms with Gasteiger partial charge in [0.2, 0.25) is 0 Å². The third-order valence-corrected chi connectivity index (χ3v) is 5.24. The van der Waals surface area contributed by atoms with Crippen LogP contribution in [0, 0.1) is 0 Å². The average Bonchev–Trinajstić information content (AvgIpc) is 3.26. The van der Waals surface area contributed by atoms with Crippen molar-refractivity contribution in [3.63, 3.8) is 0 Å². The number of pyridine rings is 1. The van der Waals surface area contributed by atoms with Crippen LogP contribution in [0.5, 0.6) is 0 Å². The molecule has 0 atom stereocenters. The van der Waals surface area contributed by atoms with Crippen LogP contribution >= 0.6 is 0 Å². The number of nitrogens with zero attached hydrogens (tertiary/aromatic N) is 1. The van der Waals surface area contributed by atoms with Crippen molar-refractivity contribution in [2.75, 3.05) is 5.32 Å². The molecule has 0 spiro atoms. The van der Waals surface area contributed by atoms with Crippen LogP contribution < -0.4 is 10.9 Å². The molecule has 1 amide bonds. The van der Waals surface area contributed by atoms with Crippen LogP contribution in [0.3, 0.4) is 0 Å². The van der Waals surface area contributed by atoms with Crippen LogP contribution in [0.2, 0.25) is 0 Å². The Morgan fingerprint density at radius 3 is 2.47 bits per heavy atom. The number of anilines is 1. The number of carbonyl (C=O) groups is 1. The molecule has 0 aliphatic heterocycles. The molecule has 0 aliphatic carbocycles. The normalized spacial score (nSPS) is 11.7. The van der Waals surface area contributed by atoms with Gasteiger partial charge in [-0.1, -0.05) is 12.1 Å². The molecule has 0 unspecified atom stereocenters. The largest absolute Gasteiger partial charge is 0.416 e. The Bertz CT molecular complexity index is 1370. The highest BCUT2D eigenvalue weighted by atomic mass is 19.4. The fourth-order valence-electron chi connectivity index (χ4n) is 3.62. The van der Waals surface area contributed by atoms with Crippen molar-refractivity contribution in [2.24, 2.45) is 7.05 Å². The lowest BCUT2D eigenvalue weighted by Crippen LogP contribution is -2.17. The molecule has 0 saturated heterocycles. The first-order valence-corrected chi connectivity index (χ1v) is 9.59. The summed E-state index contributed by atoms with van der Waals surface area (Å²) in [5.41, 5.74) is 1.41. The van der Waals surface area contributed by atoms with Crippen LogP contribution in [0.1, 0.15) is 21.5 Å². The molecule has 164 valence electrons. The number of rotatable bonds is 4. The van der Waals surface area contributed by atoms with Crippen molar-refractivity contribution in [3.05, 3.63) is 88.0 Å². The lowest BCUT2D eigenvalue weighted by atomic mass is 9.97. The van der Waals surface area contributed by atoms with Crippen molar-refractivity contribution in [1.29, 1.82) is 0 Å². The highest BCUT2D eigenvalue weighted by molar-refractivity contribution is 6.05. The number of amides is 1. The van der Waals surface area contributed by atoms with Crippen molar-refractivity contribution < 1.29 is 23.1 Å². The number of H-pyrrole nitrogens is 1. The topological polar surface area (TPSA) is 87.1 Å². The summed E-state index contributed by atoms with van der Waals surface area (Å²) in [5, 5.41) is 13.4. The zero-order valence-electron chi connectivity index (χ0n) is 16.8. The SMILES string of the molecule is Cn1cc(-c2cccc(NC(=O)c3ccc(C(F)(F)F)cc3)c2CO)c2cc[nH]c2c1=O. The number of nitrogens with one attached hydrogen (secondary N) is 2. The first kappa shape index (κ1) is 21.4. The predicted octanol–water partition coefficient (Wildman–Crippen LogP) is 4.30. The fourth-order valence-corrected chi connectivity index (χ4v) is 3.62. The van der Waals surface area contributed by atoms with Gasteiger partial charge in [0.05, 0.1) is 12.2 Å². The van der Waals surface area contributed by atoms with E-state index in [1.54, 1.807) is 43.7 Å². The number of halogens is 3. The van der Waals surface area contributed by atoms with Gasteiger partial charge < -0.3 is 20.0 Å². The third-order valence-electron chi connectivity index (χ3n) is 5.24. The van der Waals surface area contributed by atoms with Gasteiger partial charge in [0.25, 0.3) is 11.5 Å². The van der Waals surface area contributed by atoms with E-state index in [1.165, 1.54) is 4.57 Å². The minimum Gasteiger partial charge on any atom is -0.392 e. The number of aromatic amines is 1. The lowest BCUT2D eigenvalue weighted by molar-refractivity contribution is -0.137. The molecule has 0 radical (unpaired) electrons. The monoisotopic (exact) mass is 441 g/mol. The number of alkyl halides is 3. The van der Waals surface area contributed by atoms with Gasteiger partial charge in [-0.05, 0) is 42.0 Å². The quantitative estimate of drug-likeness (QED) is 0.441. The van der Waals surface area contributed by atoms with E-state index in [2.05, 4.69) is 10.3 Å². The number of hydrogen-bond acceptors (Lipinski definition) is 3. The molecule has 0 aliphatic rings. The number of aliphatic hydroxyl groups excluding tert-OH is 1. The van der Waals surface area contributed by atoms with E-state index in [0.717, 1.165) is 24.3 Å². The zero-order chi connectivity index (χ0) is 23.0. The number of benzene rings is 2. The molecule has 4 aromatic rings. The van der Waals surface area contributed by atoms with Crippen LogP contribution in [0.25, 0.3) is 22.0 Å². The second-order valence-corrected chi connectivity index (χ2v) is 7.24. The Balaban J connectivity index is 1.73. The maximum absolute atomic E-state index is 12.8. The fraction of sp³-hybridized carbons (Fsp3) is 0.130. The van der Waals surface area contributed by atoms with Gasteiger partial charge in [0.1, 0.15) is 5.52 Å². The second kappa shape index (κ2) is 8.01. The molecule has 3 N–H and O–H groups in total. The van der Waals surface area contributed by atoms with Gasteiger partial charge in [-0.2, -0.15) is 13.2 Å². The smallest absolute Gasteiger partial charge is 0.392 e. The summed E-state index contributed by atoms with van der Waals surface area (Å²) in [6.07, 6.45) is -1.20. The Hall–Kier alpha value is -3.85. The summed E-state index contributed by atoms with van der Waals surface area (Å²) in [5.74, 6) is -0.613. The molecular formula is C23H18F3N3O3.